The van der Waals surface area contributed by atoms with Gasteiger partial charge in [0.15, 0.2) is 0 Å². The topological polar surface area (TPSA) is 113 Å². The van der Waals surface area contributed by atoms with Crippen molar-refractivity contribution in [2.45, 2.75) is 0 Å². The van der Waals surface area contributed by atoms with Crippen LogP contribution in [0.25, 0.3) is 0 Å². The number of hydrogen-bond acceptors (Lipinski definition) is 5. The van der Waals surface area contributed by atoms with Crippen molar-refractivity contribution < 1.29 is 21.6 Å². The van der Waals surface area contributed by atoms with Crippen molar-refractivity contribution in [3.63, 3.8) is 0 Å². The minimum Gasteiger partial charge on any atom is -0.339 e. The first-order valence-corrected chi connectivity index (χ1v) is 7.01. The van der Waals surface area contributed by atoms with E-state index in [-0.39, 0.29) is 4.41 Å². The molecule has 84 valence electrons. The van der Waals surface area contributed by atoms with Crippen LogP contribution in [0.1, 0.15) is 0 Å². The Morgan fingerprint density at radius 2 is 1.57 bits per heavy atom. The van der Waals surface area contributed by atoms with Gasteiger partial charge in [-0.15, -0.1) is 9.25 Å². The SMILES string of the molecule is CNC(=O)N(NS(C)(=O)=O)S(C)(=O)=O. The van der Waals surface area contributed by atoms with E-state index < -0.39 is 26.1 Å². The molecule has 2 N–H and O–H groups in total. The van der Waals surface area contributed by atoms with E-state index in [1.807, 2.05) is 5.32 Å². The predicted molar refractivity (Wildman–Crippen MR) is 49.1 cm³/mol. The fourth-order valence-corrected chi connectivity index (χ4v) is 2.24. The molecule has 0 radical (unpaired) electrons. The maximum atomic E-state index is 10.9. The van der Waals surface area contributed by atoms with E-state index in [1.165, 1.54) is 7.05 Å². The molecule has 0 atom stereocenters. The Hall–Kier alpha value is -0.870. The summed E-state index contributed by atoms with van der Waals surface area (Å²) in [4.78, 5) is 12.5. The van der Waals surface area contributed by atoms with Gasteiger partial charge in [-0.05, 0) is 0 Å². The third kappa shape index (κ3) is 4.39. The quantitative estimate of drug-likeness (QED) is 0.561. The van der Waals surface area contributed by atoms with Gasteiger partial charge < -0.3 is 5.32 Å². The minimum atomic E-state index is -3.98. The van der Waals surface area contributed by atoms with E-state index in [9.17, 15) is 21.6 Å². The Morgan fingerprint density at radius 1 is 1.14 bits per heavy atom. The van der Waals surface area contributed by atoms with Crippen LogP contribution in [0.15, 0.2) is 0 Å². The van der Waals surface area contributed by atoms with Crippen molar-refractivity contribution in [3.05, 3.63) is 0 Å². The Morgan fingerprint density at radius 3 is 1.79 bits per heavy atom. The van der Waals surface area contributed by atoms with Crippen molar-refractivity contribution in [2.75, 3.05) is 19.6 Å². The molecule has 0 spiro atoms. The zero-order valence-electron chi connectivity index (χ0n) is 7.80. The molecule has 0 rings (SSSR count). The monoisotopic (exact) mass is 245 g/mol. The molecular formula is C4H11N3O5S2. The maximum absolute atomic E-state index is 10.9. The summed E-state index contributed by atoms with van der Waals surface area (Å²) >= 11 is 0. The molecule has 0 unspecified atom stereocenters. The van der Waals surface area contributed by atoms with Gasteiger partial charge in [0.1, 0.15) is 0 Å². The average Bonchev–Trinajstić information content (AvgIpc) is 1.95. The van der Waals surface area contributed by atoms with Crippen LogP contribution in [0.2, 0.25) is 0 Å². The van der Waals surface area contributed by atoms with E-state index in [4.69, 9.17) is 0 Å². The van der Waals surface area contributed by atoms with Crippen LogP contribution in [0.3, 0.4) is 0 Å². The summed E-state index contributed by atoms with van der Waals surface area (Å²) in [6.45, 7) is 0. The maximum Gasteiger partial charge on any atom is 0.346 e. The third-order valence-corrected chi connectivity index (χ3v) is 2.53. The van der Waals surface area contributed by atoms with Crippen LogP contribution in [-0.2, 0) is 20.0 Å². The summed E-state index contributed by atoms with van der Waals surface area (Å²) < 4.78 is 43.3. The molecule has 0 aromatic heterocycles. The first kappa shape index (κ1) is 13.1. The zero-order valence-corrected chi connectivity index (χ0v) is 9.44. The average molecular weight is 245 g/mol. The molecule has 14 heavy (non-hydrogen) atoms. The van der Waals surface area contributed by atoms with Gasteiger partial charge in [0, 0.05) is 7.05 Å². The lowest BCUT2D eigenvalue weighted by Crippen LogP contribution is -2.52. The van der Waals surface area contributed by atoms with Gasteiger partial charge >= 0.3 is 6.03 Å². The molecule has 10 heteroatoms. The summed E-state index contributed by atoms with van der Waals surface area (Å²) in [7, 11) is -6.63. The number of rotatable bonds is 3. The van der Waals surface area contributed by atoms with Crippen LogP contribution in [-0.4, -0.2) is 46.8 Å². The second-order valence-electron chi connectivity index (χ2n) is 2.45. The van der Waals surface area contributed by atoms with Gasteiger partial charge in [-0.25, -0.2) is 21.6 Å². The summed E-state index contributed by atoms with van der Waals surface area (Å²) in [6, 6.07) is -1.09. The molecule has 2 amide bonds. The lowest BCUT2D eigenvalue weighted by molar-refractivity contribution is 0.221. The number of amides is 2. The highest BCUT2D eigenvalue weighted by atomic mass is 32.2. The van der Waals surface area contributed by atoms with Crippen molar-refractivity contribution in [2.24, 2.45) is 0 Å². The number of urea groups is 1. The summed E-state index contributed by atoms with van der Waals surface area (Å²) in [5, 5.41) is 1.98. The van der Waals surface area contributed by atoms with Crippen molar-refractivity contribution in [3.8, 4) is 0 Å². The van der Waals surface area contributed by atoms with Gasteiger partial charge in [0.05, 0.1) is 12.5 Å². The fourth-order valence-electron chi connectivity index (χ4n) is 0.512. The molecule has 0 aromatic carbocycles. The van der Waals surface area contributed by atoms with E-state index in [2.05, 4.69) is 0 Å². The normalized spacial score (nSPS) is 12.2. The highest BCUT2D eigenvalue weighted by molar-refractivity contribution is 7.91. The smallest absolute Gasteiger partial charge is 0.339 e. The molecule has 0 aliphatic rings. The van der Waals surface area contributed by atoms with Gasteiger partial charge in [-0.2, -0.15) is 0 Å². The number of hydrazine groups is 1. The van der Waals surface area contributed by atoms with Crippen LogP contribution in [0.5, 0.6) is 0 Å². The Kier molecular flexibility index (Phi) is 3.85. The summed E-state index contributed by atoms with van der Waals surface area (Å²) in [5.74, 6) is 0. The molecule has 0 saturated carbocycles. The Labute approximate surface area is 82.3 Å². The largest absolute Gasteiger partial charge is 0.346 e. The van der Waals surface area contributed by atoms with E-state index in [0.717, 1.165) is 6.26 Å². The highest BCUT2D eigenvalue weighted by Crippen LogP contribution is 1.95. The number of carbonyl (C=O) groups excluding carboxylic acids is 1. The van der Waals surface area contributed by atoms with Crippen molar-refractivity contribution in [1.82, 2.24) is 14.6 Å². The van der Waals surface area contributed by atoms with E-state index in [0.29, 0.717) is 6.26 Å². The molecule has 0 aliphatic heterocycles. The highest BCUT2D eigenvalue weighted by Gasteiger charge is 2.25. The molecule has 0 aromatic rings. The molecule has 0 saturated heterocycles. The molecule has 0 aliphatic carbocycles. The number of sulfonamides is 2. The summed E-state index contributed by atoms with van der Waals surface area (Å²) in [6.07, 6.45) is 1.43. The molecule has 0 bridgehead atoms. The first-order valence-electron chi connectivity index (χ1n) is 3.27. The van der Waals surface area contributed by atoms with E-state index >= 15 is 0 Å². The molecule has 0 heterocycles. The lowest BCUT2D eigenvalue weighted by Gasteiger charge is -2.18. The third-order valence-electron chi connectivity index (χ3n) is 0.979. The lowest BCUT2D eigenvalue weighted by atomic mass is 11.0. The number of carbonyl (C=O) groups is 1. The second kappa shape index (κ2) is 4.11. The Bertz CT molecular complexity index is 410. The number of hydrogen-bond donors (Lipinski definition) is 2. The second-order valence-corrected chi connectivity index (χ2v) is 6.00. The van der Waals surface area contributed by atoms with Crippen LogP contribution < -0.4 is 10.1 Å². The van der Waals surface area contributed by atoms with Gasteiger partial charge in [0.25, 0.3) is 0 Å². The number of nitrogens with zero attached hydrogens (tertiary/aromatic N) is 1. The van der Waals surface area contributed by atoms with Crippen molar-refractivity contribution in [1.29, 1.82) is 0 Å². The Balaban J connectivity index is 5.06. The molecular weight excluding hydrogens is 234 g/mol. The van der Waals surface area contributed by atoms with Crippen molar-refractivity contribution >= 4 is 26.1 Å². The fraction of sp³-hybridized carbons (Fsp3) is 0.750. The predicted octanol–water partition coefficient (Wildman–Crippen LogP) is -1.95. The standard InChI is InChI=1S/C4H11N3O5S2/c1-5-4(8)7(14(3,11)12)6-13(2,9)10/h6H,1-3H3,(H,5,8). The van der Waals surface area contributed by atoms with Crippen LogP contribution >= 0.6 is 0 Å². The van der Waals surface area contributed by atoms with E-state index in [1.54, 1.807) is 4.83 Å². The minimum absolute atomic E-state index is 0.00231. The number of nitrogens with one attached hydrogen (secondary N) is 2. The summed E-state index contributed by atoms with van der Waals surface area (Å²) in [5.41, 5.74) is 0. The zero-order chi connectivity index (χ0) is 11.6. The van der Waals surface area contributed by atoms with Gasteiger partial charge in [0.2, 0.25) is 20.0 Å². The van der Waals surface area contributed by atoms with Crippen LogP contribution in [0.4, 0.5) is 4.79 Å². The van der Waals surface area contributed by atoms with Gasteiger partial charge in [-0.3, -0.25) is 0 Å². The van der Waals surface area contributed by atoms with Crippen LogP contribution in [0, 0.1) is 0 Å². The molecule has 0 fully saturated rings. The molecule has 8 nitrogen and oxygen atoms in total. The van der Waals surface area contributed by atoms with Gasteiger partial charge in [-0.1, -0.05) is 0 Å². The first-order chi connectivity index (χ1) is 6.08.